The van der Waals surface area contributed by atoms with Crippen molar-refractivity contribution in [3.8, 4) is 0 Å². The molecule has 3 fully saturated rings. The minimum absolute atomic E-state index is 0.0349. The first kappa shape index (κ1) is 12.9. The lowest BCUT2D eigenvalue weighted by Gasteiger charge is -2.44. The van der Waals surface area contributed by atoms with Crippen LogP contribution in [0.3, 0.4) is 0 Å². The number of carbonyl (C=O) groups is 2. The molecule has 3 N–H and O–H groups in total. The molecule has 5 heteroatoms. The van der Waals surface area contributed by atoms with Crippen LogP contribution in [0, 0.1) is 17.8 Å². The smallest absolute Gasteiger partial charge is 0.239 e. The van der Waals surface area contributed by atoms with Crippen molar-refractivity contribution < 1.29 is 9.59 Å². The number of nitrogens with zero attached hydrogens (tertiary/aromatic N) is 1. The lowest BCUT2D eigenvalue weighted by Crippen LogP contribution is -2.54. The molecule has 5 nitrogen and oxygen atoms in total. The summed E-state index contributed by atoms with van der Waals surface area (Å²) in [6.45, 7) is 1.48. The fourth-order valence-corrected chi connectivity index (χ4v) is 4.08. The number of carbonyl (C=O) groups excluding carboxylic acids is 2. The van der Waals surface area contributed by atoms with E-state index < -0.39 is 0 Å². The van der Waals surface area contributed by atoms with Crippen molar-refractivity contribution in [2.45, 2.75) is 38.1 Å². The summed E-state index contributed by atoms with van der Waals surface area (Å²) in [5, 5.41) is 2.76. The number of piperazine rings is 1. The molecule has 2 amide bonds. The first-order valence-electron chi connectivity index (χ1n) is 7.46. The van der Waals surface area contributed by atoms with Crippen LogP contribution in [0.15, 0.2) is 0 Å². The predicted molar refractivity (Wildman–Crippen MR) is 71.1 cm³/mol. The Morgan fingerprint density at radius 1 is 1.26 bits per heavy atom. The molecule has 1 aliphatic heterocycles. The van der Waals surface area contributed by atoms with Crippen LogP contribution in [0.2, 0.25) is 0 Å². The third kappa shape index (κ3) is 2.48. The van der Waals surface area contributed by atoms with Gasteiger partial charge in [0.05, 0.1) is 6.54 Å². The molecule has 19 heavy (non-hydrogen) atoms. The Hall–Kier alpha value is -1.10. The lowest BCUT2D eigenvalue weighted by atomic mass is 9.65. The lowest BCUT2D eigenvalue weighted by molar-refractivity contribution is -0.143. The Morgan fingerprint density at radius 2 is 1.95 bits per heavy atom. The zero-order valence-electron chi connectivity index (χ0n) is 11.3. The van der Waals surface area contributed by atoms with Crippen molar-refractivity contribution >= 4 is 11.8 Å². The van der Waals surface area contributed by atoms with Crippen LogP contribution in [0.1, 0.15) is 32.1 Å². The molecule has 2 atom stereocenters. The molecule has 0 radical (unpaired) electrons. The molecule has 106 valence electrons. The van der Waals surface area contributed by atoms with E-state index in [1.165, 1.54) is 19.3 Å². The van der Waals surface area contributed by atoms with E-state index in [-0.39, 0.29) is 24.3 Å². The summed E-state index contributed by atoms with van der Waals surface area (Å²) < 4.78 is 0. The van der Waals surface area contributed by atoms with Gasteiger partial charge >= 0.3 is 0 Å². The Labute approximate surface area is 113 Å². The molecule has 2 saturated carbocycles. The van der Waals surface area contributed by atoms with E-state index in [1.807, 2.05) is 0 Å². The van der Waals surface area contributed by atoms with Gasteiger partial charge in [0.1, 0.15) is 0 Å². The Bertz CT molecular complexity index is 371. The highest BCUT2D eigenvalue weighted by Crippen LogP contribution is 2.42. The second-order valence-electron chi connectivity index (χ2n) is 6.31. The molecule has 0 aromatic rings. The Morgan fingerprint density at radius 3 is 2.58 bits per heavy atom. The van der Waals surface area contributed by atoms with Gasteiger partial charge < -0.3 is 16.0 Å². The quantitative estimate of drug-likeness (QED) is 0.706. The molecule has 2 bridgehead atoms. The summed E-state index contributed by atoms with van der Waals surface area (Å²) in [5.41, 5.74) is 6.26. The number of nitrogens with one attached hydrogen (secondary N) is 1. The maximum Gasteiger partial charge on any atom is 0.239 e. The van der Waals surface area contributed by atoms with Crippen molar-refractivity contribution in [3.05, 3.63) is 0 Å². The second kappa shape index (κ2) is 5.12. The van der Waals surface area contributed by atoms with E-state index in [1.54, 1.807) is 4.90 Å². The van der Waals surface area contributed by atoms with Crippen LogP contribution in [0.25, 0.3) is 0 Å². The third-order valence-corrected chi connectivity index (χ3v) is 5.11. The van der Waals surface area contributed by atoms with Crippen molar-refractivity contribution in [1.82, 2.24) is 10.2 Å². The van der Waals surface area contributed by atoms with E-state index in [0.29, 0.717) is 31.0 Å². The van der Waals surface area contributed by atoms with Crippen LogP contribution in [-0.2, 0) is 9.59 Å². The molecule has 1 heterocycles. The van der Waals surface area contributed by atoms with E-state index in [9.17, 15) is 9.59 Å². The van der Waals surface area contributed by atoms with Crippen LogP contribution in [0.4, 0.5) is 0 Å². The highest BCUT2D eigenvalue weighted by Gasteiger charge is 2.41. The average molecular weight is 265 g/mol. The standard InChI is InChI=1S/C14H23N3O2/c15-13-9-2-1-3-10(13)7-11(6-9)14(19)17-5-4-16-12(18)8-17/h9-11,13H,1-8,15H2,(H,16,18). The number of amides is 2. The van der Waals surface area contributed by atoms with Crippen molar-refractivity contribution in [3.63, 3.8) is 0 Å². The first-order valence-corrected chi connectivity index (χ1v) is 7.46. The van der Waals surface area contributed by atoms with E-state index in [2.05, 4.69) is 5.32 Å². The SMILES string of the molecule is NC1C2CCCC1CC(C(=O)N1CCNC(=O)C1)C2. The molecule has 1 saturated heterocycles. The summed E-state index contributed by atoms with van der Waals surface area (Å²) in [5.74, 6) is 1.27. The van der Waals surface area contributed by atoms with Gasteiger partial charge in [0.2, 0.25) is 11.8 Å². The summed E-state index contributed by atoms with van der Waals surface area (Å²) in [4.78, 5) is 25.7. The molecule has 2 unspecified atom stereocenters. The van der Waals surface area contributed by atoms with Crippen LogP contribution in [0.5, 0.6) is 0 Å². The van der Waals surface area contributed by atoms with Crippen LogP contribution in [-0.4, -0.2) is 42.4 Å². The second-order valence-corrected chi connectivity index (χ2v) is 6.31. The largest absolute Gasteiger partial charge is 0.353 e. The topological polar surface area (TPSA) is 75.4 Å². The zero-order chi connectivity index (χ0) is 13.4. The number of rotatable bonds is 1. The average Bonchev–Trinajstić information content (AvgIpc) is 2.37. The maximum absolute atomic E-state index is 12.5. The molecule has 2 aliphatic carbocycles. The Balaban J connectivity index is 1.66. The monoisotopic (exact) mass is 265 g/mol. The molecule has 3 rings (SSSR count). The van der Waals surface area contributed by atoms with Gasteiger partial charge in [-0.1, -0.05) is 6.42 Å². The summed E-state index contributed by atoms with van der Waals surface area (Å²) in [6, 6.07) is 0.294. The molecule has 0 aromatic carbocycles. The van der Waals surface area contributed by atoms with Gasteiger partial charge in [-0.2, -0.15) is 0 Å². The minimum atomic E-state index is -0.0349. The van der Waals surface area contributed by atoms with E-state index >= 15 is 0 Å². The zero-order valence-corrected chi connectivity index (χ0v) is 11.3. The molecule has 3 aliphatic rings. The van der Waals surface area contributed by atoms with Gasteiger partial charge in [-0.3, -0.25) is 9.59 Å². The molecule has 0 aromatic heterocycles. The molecular formula is C14H23N3O2. The number of hydrogen-bond acceptors (Lipinski definition) is 3. The van der Waals surface area contributed by atoms with Crippen LogP contribution >= 0.6 is 0 Å². The van der Waals surface area contributed by atoms with Crippen molar-refractivity contribution in [2.24, 2.45) is 23.5 Å². The highest BCUT2D eigenvalue weighted by molar-refractivity contribution is 5.87. The molecule has 0 spiro atoms. The summed E-state index contributed by atoms with van der Waals surface area (Å²) in [7, 11) is 0. The summed E-state index contributed by atoms with van der Waals surface area (Å²) >= 11 is 0. The van der Waals surface area contributed by atoms with Gasteiger partial charge in [-0.15, -0.1) is 0 Å². The van der Waals surface area contributed by atoms with Gasteiger partial charge in [-0.05, 0) is 37.5 Å². The number of hydrogen-bond donors (Lipinski definition) is 2. The van der Waals surface area contributed by atoms with Gasteiger partial charge in [-0.25, -0.2) is 0 Å². The first-order chi connectivity index (χ1) is 9.15. The third-order valence-electron chi connectivity index (χ3n) is 5.11. The van der Waals surface area contributed by atoms with Gasteiger partial charge in [0, 0.05) is 25.0 Å². The van der Waals surface area contributed by atoms with Crippen LogP contribution < -0.4 is 11.1 Å². The fraction of sp³-hybridized carbons (Fsp3) is 0.857. The van der Waals surface area contributed by atoms with E-state index in [4.69, 9.17) is 5.73 Å². The minimum Gasteiger partial charge on any atom is -0.353 e. The maximum atomic E-state index is 12.5. The molecular weight excluding hydrogens is 242 g/mol. The van der Waals surface area contributed by atoms with Gasteiger partial charge in [0.25, 0.3) is 0 Å². The highest BCUT2D eigenvalue weighted by atomic mass is 16.2. The van der Waals surface area contributed by atoms with E-state index in [0.717, 1.165) is 12.8 Å². The van der Waals surface area contributed by atoms with Crippen molar-refractivity contribution in [1.29, 1.82) is 0 Å². The Kier molecular flexibility index (Phi) is 3.48. The number of fused-ring (bicyclic) bond motifs is 2. The predicted octanol–water partition coefficient (Wildman–Crippen LogP) is 0.0984. The fourth-order valence-electron chi connectivity index (χ4n) is 4.08. The number of nitrogens with two attached hydrogens (primary N) is 1. The van der Waals surface area contributed by atoms with Gasteiger partial charge in [0.15, 0.2) is 0 Å². The summed E-state index contributed by atoms with van der Waals surface area (Å²) in [6.07, 6.45) is 5.45. The normalized spacial score (nSPS) is 38.8. The van der Waals surface area contributed by atoms with Crippen molar-refractivity contribution in [2.75, 3.05) is 19.6 Å².